The first-order valence-corrected chi connectivity index (χ1v) is 10.4. The monoisotopic (exact) mass is 469 g/mol. The average molecular weight is 469 g/mol. The van der Waals surface area contributed by atoms with Crippen LogP contribution in [0.25, 0.3) is 28.2 Å². The first-order chi connectivity index (χ1) is 16.2. The normalized spacial score (nSPS) is 11.7. The van der Waals surface area contributed by atoms with Crippen molar-refractivity contribution in [2.45, 2.75) is 6.36 Å². The number of alkyl halides is 3. The number of benzene rings is 2. The van der Waals surface area contributed by atoms with Gasteiger partial charge in [0, 0.05) is 36.0 Å². The van der Waals surface area contributed by atoms with E-state index in [0.717, 1.165) is 12.1 Å². The molecule has 7 nitrogen and oxygen atoms in total. The number of nitrogens with zero attached hydrogens (tertiary/aromatic N) is 4. The van der Waals surface area contributed by atoms with Gasteiger partial charge in [-0.3, -0.25) is 14.2 Å². The summed E-state index contributed by atoms with van der Waals surface area (Å²) in [6.07, 6.45) is 0.122. The molecule has 0 aliphatic carbocycles. The van der Waals surface area contributed by atoms with Crippen LogP contribution in [0.15, 0.2) is 67.1 Å². The van der Waals surface area contributed by atoms with E-state index < -0.39 is 6.36 Å². The summed E-state index contributed by atoms with van der Waals surface area (Å²) < 4.78 is 43.6. The second kappa shape index (κ2) is 9.52. The van der Waals surface area contributed by atoms with E-state index in [1.165, 1.54) is 18.2 Å². The molecule has 0 saturated heterocycles. The van der Waals surface area contributed by atoms with E-state index in [0.29, 0.717) is 34.7 Å². The van der Waals surface area contributed by atoms with Crippen LogP contribution >= 0.6 is 0 Å². The zero-order chi connectivity index (χ0) is 24.3. The lowest BCUT2D eigenvalue weighted by molar-refractivity contribution is -0.274. The van der Waals surface area contributed by atoms with Crippen LogP contribution in [0.3, 0.4) is 0 Å². The van der Waals surface area contributed by atoms with Gasteiger partial charge in [0.05, 0.1) is 23.8 Å². The Kier molecular flexibility index (Phi) is 6.51. The van der Waals surface area contributed by atoms with Crippen LogP contribution in [-0.2, 0) is 0 Å². The summed E-state index contributed by atoms with van der Waals surface area (Å²) in [5.41, 5.74) is 3.57. The SMILES string of the molecule is CN(C)CCNC(=O)c1ccc(-c2cn3c(-c4cccc(OC(F)(F)F)c4)cnc3cn2)cc1. The van der Waals surface area contributed by atoms with Crippen molar-refractivity contribution in [2.75, 3.05) is 27.2 Å². The molecule has 2 aromatic heterocycles. The minimum atomic E-state index is -4.77. The average Bonchev–Trinajstić information content (AvgIpc) is 3.21. The Bertz CT molecular complexity index is 1300. The van der Waals surface area contributed by atoms with Crippen molar-refractivity contribution in [1.82, 2.24) is 24.6 Å². The molecule has 0 radical (unpaired) electrons. The Balaban J connectivity index is 1.58. The van der Waals surface area contributed by atoms with Crippen LogP contribution in [0.2, 0.25) is 0 Å². The number of fused-ring (bicyclic) bond motifs is 1. The van der Waals surface area contributed by atoms with Crippen molar-refractivity contribution in [1.29, 1.82) is 0 Å². The fourth-order valence-electron chi connectivity index (χ4n) is 3.39. The number of imidazole rings is 1. The Morgan fingerprint density at radius 1 is 1.06 bits per heavy atom. The zero-order valence-electron chi connectivity index (χ0n) is 18.5. The summed E-state index contributed by atoms with van der Waals surface area (Å²) in [4.78, 5) is 23.0. The maximum Gasteiger partial charge on any atom is 0.573 e. The van der Waals surface area contributed by atoms with Crippen molar-refractivity contribution < 1.29 is 22.7 Å². The van der Waals surface area contributed by atoms with Crippen molar-refractivity contribution >= 4 is 11.6 Å². The first kappa shape index (κ1) is 23.2. The summed E-state index contributed by atoms with van der Waals surface area (Å²) in [5, 5.41) is 2.87. The highest BCUT2D eigenvalue weighted by molar-refractivity contribution is 5.94. The van der Waals surface area contributed by atoms with Gasteiger partial charge >= 0.3 is 6.36 Å². The molecular formula is C24H22F3N5O2. The molecule has 176 valence electrons. The van der Waals surface area contributed by atoms with Crippen molar-refractivity contribution in [3.05, 3.63) is 72.7 Å². The van der Waals surface area contributed by atoms with E-state index in [4.69, 9.17) is 0 Å². The highest BCUT2D eigenvalue weighted by Gasteiger charge is 2.31. The van der Waals surface area contributed by atoms with Crippen LogP contribution in [0, 0.1) is 0 Å². The topological polar surface area (TPSA) is 71.8 Å². The lowest BCUT2D eigenvalue weighted by atomic mass is 10.1. The minimum Gasteiger partial charge on any atom is -0.406 e. The van der Waals surface area contributed by atoms with E-state index in [2.05, 4.69) is 20.0 Å². The molecule has 0 aliphatic rings. The number of nitrogens with one attached hydrogen (secondary N) is 1. The Hall–Kier alpha value is -3.92. The molecule has 0 fully saturated rings. The van der Waals surface area contributed by atoms with Gasteiger partial charge in [0.15, 0.2) is 5.65 Å². The van der Waals surface area contributed by atoms with Gasteiger partial charge in [-0.05, 0) is 38.4 Å². The number of rotatable bonds is 7. The molecule has 1 amide bonds. The summed E-state index contributed by atoms with van der Waals surface area (Å²) in [6.45, 7) is 1.29. The minimum absolute atomic E-state index is 0.158. The Morgan fingerprint density at radius 3 is 2.53 bits per heavy atom. The van der Waals surface area contributed by atoms with E-state index in [1.54, 1.807) is 53.3 Å². The van der Waals surface area contributed by atoms with Crippen LogP contribution in [-0.4, -0.2) is 58.7 Å². The number of carbonyl (C=O) groups excluding carboxylic acids is 1. The van der Waals surface area contributed by atoms with Crippen molar-refractivity contribution in [3.8, 4) is 28.3 Å². The molecule has 34 heavy (non-hydrogen) atoms. The number of halogens is 3. The van der Waals surface area contributed by atoms with E-state index in [1.807, 2.05) is 19.0 Å². The number of hydrogen-bond donors (Lipinski definition) is 1. The van der Waals surface area contributed by atoms with Gasteiger partial charge in [0.25, 0.3) is 5.91 Å². The molecule has 2 aromatic carbocycles. The van der Waals surface area contributed by atoms with Crippen LogP contribution in [0.4, 0.5) is 13.2 Å². The summed E-state index contributed by atoms with van der Waals surface area (Å²) in [5.74, 6) is -0.469. The molecule has 0 unspecified atom stereocenters. The molecule has 4 aromatic rings. The third-order valence-corrected chi connectivity index (χ3v) is 5.05. The van der Waals surface area contributed by atoms with Crippen molar-refractivity contribution in [3.63, 3.8) is 0 Å². The van der Waals surface area contributed by atoms with E-state index >= 15 is 0 Å². The third-order valence-electron chi connectivity index (χ3n) is 5.05. The number of ether oxygens (including phenoxy) is 1. The number of hydrogen-bond acceptors (Lipinski definition) is 5. The fraction of sp³-hybridized carbons (Fsp3) is 0.208. The number of aromatic nitrogens is 3. The molecule has 0 atom stereocenters. The molecule has 4 rings (SSSR count). The molecule has 0 saturated carbocycles. The number of likely N-dealkylation sites (N-methyl/N-ethyl adjacent to an activating group) is 1. The van der Waals surface area contributed by atoms with Gasteiger partial charge in [-0.15, -0.1) is 13.2 Å². The highest BCUT2D eigenvalue weighted by Crippen LogP contribution is 2.29. The van der Waals surface area contributed by atoms with Gasteiger partial charge in [-0.25, -0.2) is 4.98 Å². The predicted molar refractivity (Wildman–Crippen MR) is 121 cm³/mol. The molecule has 0 bridgehead atoms. The molecule has 2 heterocycles. The van der Waals surface area contributed by atoms with Gasteiger partial charge in [-0.2, -0.15) is 0 Å². The predicted octanol–water partition coefficient (Wildman–Crippen LogP) is 4.25. The molecule has 0 aliphatic heterocycles. The molecular weight excluding hydrogens is 447 g/mol. The summed E-state index contributed by atoms with van der Waals surface area (Å²) in [7, 11) is 3.87. The maximum atomic E-state index is 12.6. The highest BCUT2D eigenvalue weighted by atomic mass is 19.4. The fourth-order valence-corrected chi connectivity index (χ4v) is 3.39. The standard InChI is InChI=1S/C24H22F3N5O2/c1-31(2)11-10-28-23(33)17-8-6-16(7-9-17)20-15-32-21(13-30-22(32)14-29-20)18-4-3-5-19(12-18)34-24(25,26)27/h3-9,12-15H,10-11H2,1-2H3,(H,28,33). The van der Waals surface area contributed by atoms with Crippen LogP contribution in [0.5, 0.6) is 5.75 Å². The zero-order valence-corrected chi connectivity index (χ0v) is 18.5. The molecule has 10 heteroatoms. The molecule has 1 N–H and O–H groups in total. The third kappa shape index (κ3) is 5.52. The lowest BCUT2D eigenvalue weighted by Gasteiger charge is -2.11. The second-order valence-electron chi connectivity index (χ2n) is 7.86. The van der Waals surface area contributed by atoms with Crippen molar-refractivity contribution in [2.24, 2.45) is 0 Å². The number of amides is 1. The quantitative estimate of drug-likeness (QED) is 0.438. The number of carbonyl (C=O) groups is 1. The first-order valence-electron chi connectivity index (χ1n) is 10.4. The maximum absolute atomic E-state index is 12.6. The summed E-state index contributed by atoms with van der Waals surface area (Å²) in [6, 6.07) is 12.7. The Morgan fingerprint density at radius 2 is 1.82 bits per heavy atom. The smallest absolute Gasteiger partial charge is 0.406 e. The summed E-state index contributed by atoms with van der Waals surface area (Å²) >= 11 is 0. The van der Waals surface area contributed by atoms with E-state index in [-0.39, 0.29) is 11.7 Å². The Labute approximate surface area is 193 Å². The van der Waals surface area contributed by atoms with Gasteiger partial charge in [0.2, 0.25) is 0 Å². The van der Waals surface area contributed by atoms with Crippen LogP contribution < -0.4 is 10.1 Å². The second-order valence-corrected chi connectivity index (χ2v) is 7.86. The lowest BCUT2D eigenvalue weighted by Crippen LogP contribution is -2.31. The van der Waals surface area contributed by atoms with Gasteiger partial charge in [0.1, 0.15) is 5.75 Å². The molecule has 0 spiro atoms. The largest absolute Gasteiger partial charge is 0.573 e. The van der Waals surface area contributed by atoms with Gasteiger partial charge < -0.3 is 15.0 Å². The van der Waals surface area contributed by atoms with Gasteiger partial charge in [-0.1, -0.05) is 24.3 Å². The van der Waals surface area contributed by atoms with E-state index in [9.17, 15) is 18.0 Å². The van der Waals surface area contributed by atoms with Crippen LogP contribution in [0.1, 0.15) is 10.4 Å².